The van der Waals surface area contributed by atoms with Gasteiger partial charge in [-0.2, -0.15) is 0 Å². The number of aromatic nitrogens is 3. The fraction of sp³-hybridized carbons (Fsp3) is 0.419. The first-order valence-electron chi connectivity index (χ1n) is 14.6. The number of benzene rings is 2. The Labute approximate surface area is 259 Å². The zero-order valence-electron chi connectivity index (χ0n) is 26.2. The highest BCUT2D eigenvalue weighted by Gasteiger charge is 2.14. The molecule has 0 saturated heterocycles. The summed E-state index contributed by atoms with van der Waals surface area (Å²) >= 11 is 1.60. The molecular weight excluding hydrogens is 558 g/mol. The van der Waals surface area contributed by atoms with Gasteiger partial charge in [-0.3, -0.25) is 0 Å². The van der Waals surface area contributed by atoms with Crippen molar-refractivity contribution in [1.82, 2.24) is 4.57 Å². The van der Waals surface area contributed by atoms with Crippen LogP contribution in [0.2, 0.25) is 0 Å². The van der Waals surface area contributed by atoms with Gasteiger partial charge in [0.25, 0.3) is 0 Å². The van der Waals surface area contributed by atoms with Crippen molar-refractivity contribution in [3.8, 4) is 0 Å². The van der Waals surface area contributed by atoms with Crippen LogP contribution in [0.1, 0.15) is 25.7 Å². The van der Waals surface area contributed by atoms with Crippen LogP contribution >= 0.6 is 11.3 Å². The summed E-state index contributed by atoms with van der Waals surface area (Å²) in [4.78, 5) is 4.12. The monoisotopic (exact) mass is 605 g/mol. The number of rotatable bonds is 14. The summed E-state index contributed by atoms with van der Waals surface area (Å²) in [5.74, 6) is 0.841. The summed E-state index contributed by atoms with van der Waals surface area (Å²) in [6, 6.07) is 16.1. The van der Waals surface area contributed by atoms with Crippen LogP contribution in [0.3, 0.4) is 0 Å². The number of thiazole rings is 1. The van der Waals surface area contributed by atoms with E-state index in [4.69, 9.17) is 11.5 Å². The van der Waals surface area contributed by atoms with Gasteiger partial charge in [-0.15, -0.1) is 0 Å². The number of anilines is 2. The lowest BCUT2D eigenvalue weighted by Gasteiger charge is -2.11. The molecule has 12 heteroatoms. The van der Waals surface area contributed by atoms with Gasteiger partial charge in [0, 0.05) is 50.1 Å². The number of hydrogen-bond donors (Lipinski definition) is 2. The topological polar surface area (TPSA) is 121 Å². The Morgan fingerprint density at radius 2 is 1.28 bits per heavy atom. The minimum Gasteiger partial charge on any atom is -0.378 e. The maximum atomic E-state index is 5.54. The van der Waals surface area contributed by atoms with Crippen LogP contribution in [0.15, 0.2) is 93.0 Å². The first-order valence-corrected chi connectivity index (χ1v) is 15.5. The summed E-state index contributed by atoms with van der Waals surface area (Å²) in [6.45, 7) is 3.31. The Hall–Kier alpha value is -4.00. The van der Waals surface area contributed by atoms with Crippen molar-refractivity contribution in [2.24, 2.45) is 39.0 Å². The molecule has 0 amide bonds. The van der Waals surface area contributed by atoms with E-state index >= 15 is 0 Å². The minimum absolute atomic E-state index is 0.725. The molecule has 0 aliphatic heterocycles. The molecular formula is C31H47N11S+2. The van der Waals surface area contributed by atoms with Gasteiger partial charge >= 0.3 is 11.1 Å². The smallest absolute Gasteiger partial charge is 0.378 e. The van der Waals surface area contributed by atoms with Crippen molar-refractivity contribution in [2.75, 3.05) is 51.1 Å². The third-order valence-electron chi connectivity index (χ3n) is 6.65. The molecule has 11 nitrogen and oxygen atoms in total. The van der Waals surface area contributed by atoms with E-state index in [9.17, 15) is 0 Å². The van der Waals surface area contributed by atoms with Crippen LogP contribution in [0.25, 0.3) is 0 Å². The Morgan fingerprint density at radius 1 is 0.721 bits per heavy atom. The summed E-state index contributed by atoms with van der Waals surface area (Å²) in [5, 5.41) is 20.3. The number of imidazole rings is 1. The Balaban J connectivity index is 0.000000236. The lowest BCUT2D eigenvalue weighted by atomic mass is 10.3. The normalized spacial score (nSPS) is 11.2. The van der Waals surface area contributed by atoms with E-state index < -0.39 is 0 Å². The summed E-state index contributed by atoms with van der Waals surface area (Å²) < 4.78 is 6.20. The van der Waals surface area contributed by atoms with Crippen LogP contribution in [0.5, 0.6) is 0 Å². The average Bonchev–Trinajstić information content (AvgIpc) is 3.61. The predicted molar refractivity (Wildman–Crippen MR) is 177 cm³/mol. The molecule has 0 aliphatic rings. The van der Waals surface area contributed by atoms with Gasteiger partial charge in [-0.05, 0) is 104 Å². The van der Waals surface area contributed by atoms with Gasteiger partial charge in [-0.25, -0.2) is 13.7 Å². The lowest BCUT2D eigenvalue weighted by molar-refractivity contribution is -0.680. The highest BCUT2D eigenvalue weighted by Crippen LogP contribution is 2.22. The molecule has 0 aliphatic carbocycles. The molecule has 0 radical (unpaired) electrons. The SMILES string of the molecule is CN(C)c1ccc(N=Nc2n(CCCCN)cc[n+]2C)cc1.CN(C)c1ccc(N=Nc2scc[n+]2CCCCN)cc1. The number of azo groups is 2. The second-order valence-electron chi connectivity index (χ2n) is 10.5. The summed E-state index contributed by atoms with van der Waals surface area (Å²) in [7, 11) is 10.1. The highest BCUT2D eigenvalue weighted by atomic mass is 32.1. The molecule has 4 aromatic rings. The summed E-state index contributed by atoms with van der Waals surface area (Å²) in [6.07, 6.45) is 10.2. The predicted octanol–water partition coefficient (Wildman–Crippen LogP) is 5.79. The molecule has 43 heavy (non-hydrogen) atoms. The highest BCUT2D eigenvalue weighted by molar-refractivity contribution is 7.12. The fourth-order valence-corrected chi connectivity index (χ4v) is 4.76. The first kappa shape index (κ1) is 33.5. The molecule has 4 rings (SSSR count). The first-order chi connectivity index (χ1) is 20.8. The average molecular weight is 606 g/mol. The second kappa shape index (κ2) is 17.8. The van der Waals surface area contributed by atoms with Crippen molar-refractivity contribution in [3.63, 3.8) is 0 Å². The largest absolute Gasteiger partial charge is 0.421 e. The quantitative estimate of drug-likeness (QED) is 0.107. The van der Waals surface area contributed by atoms with Crippen molar-refractivity contribution >= 4 is 45.2 Å². The zero-order chi connectivity index (χ0) is 31.0. The fourth-order valence-electron chi connectivity index (χ4n) is 4.06. The van der Waals surface area contributed by atoms with Crippen LogP contribution < -0.4 is 30.4 Å². The van der Waals surface area contributed by atoms with Crippen molar-refractivity contribution < 1.29 is 9.13 Å². The van der Waals surface area contributed by atoms with E-state index in [0.717, 1.165) is 85.7 Å². The zero-order valence-corrected chi connectivity index (χ0v) is 27.0. The molecule has 2 aromatic heterocycles. The van der Waals surface area contributed by atoms with Crippen LogP contribution in [0.4, 0.5) is 33.8 Å². The molecule has 0 saturated carbocycles. The van der Waals surface area contributed by atoms with Gasteiger partial charge in [-0.1, -0.05) is 5.11 Å². The molecule has 0 bridgehead atoms. The molecule has 0 spiro atoms. The van der Waals surface area contributed by atoms with Gasteiger partial charge < -0.3 is 21.3 Å². The standard InChI is InChI=1S/C16H25N6.C15H22N5S/c1-20(2)15-8-6-14(7-9-15)18-19-16-21(3)12-13-22(16)11-5-4-10-17;1-19(2)14-7-5-13(6-8-14)17-18-15-20(11-12-21-15)10-4-3-9-16/h6-9,12-13H,4-5,10-11,17H2,1-3H3;5-8,11-12H,3-4,9-10,16H2,1-2H3/q2*+1. The maximum Gasteiger partial charge on any atom is 0.421 e. The number of unbranched alkanes of at least 4 members (excludes halogenated alkanes) is 2. The van der Waals surface area contributed by atoms with Gasteiger partial charge in [0.05, 0.1) is 37.6 Å². The number of nitrogens with zero attached hydrogens (tertiary/aromatic N) is 9. The van der Waals surface area contributed by atoms with Crippen molar-refractivity contribution in [1.29, 1.82) is 0 Å². The second-order valence-corrected chi connectivity index (χ2v) is 11.4. The molecule has 0 atom stereocenters. The molecule has 230 valence electrons. The Kier molecular flexibility index (Phi) is 13.9. The molecule has 4 N–H and O–H groups in total. The van der Waals surface area contributed by atoms with E-state index in [1.165, 1.54) is 0 Å². The van der Waals surface area contributed by atoms with E-state index in [-0.39, 0.29) is 0 Å². The van der Waals surface area contributed by atoms with Gasteiger partial charge in [0.15, 0.2) is 0 Å². The van der Waals surface area contributed by atoms with E-state index in [1.54, 1.807) is 11.3 Å². The number of nitrogens with two attached hydrogens (primary N) is 2. The van der Waals surface area contributed by atoms with E-state index in [2.05, 4.69) is 39.4 Å². The third kappa shape index (κ3) is 11.0. The van der Waals surface area contributed by atoms with Crippen LogP contribution in [-0.2, 0) is 20.1 Å². The molecule has 0 unspecified atom stereocenters. The van der Waals surface area contributed by atoms with Gasteiger partial charge in [0.2, 0.25) is 0 Å². The lowest BCUT2D eigenvalue weighted by Crippen LogP contribution is -2.31. The van der Waals surface area contributed by atoms with Crippen molar-refractivity contribution in [2.45, 2.75) is 38.8 Å². The van der Waals surface area contributed by atoms with Crippen molar-refractivity contribution in [3.05, 3.63) is 72.5 Å². The van der Waals surface area contributed by atoms with E-state index in [1.807, 2.05) is 112 Å². The molecule has 0 fully saturated rings. The van der Waals surface area contributed by atoms with Crippen LogP contribution in [0, 0.1) is 0 Å². The van der Waals surface area contributed by atoms with Crippen LogP contribution in [-0.4, -0.2) is 45.8 Å². The molecule has 2 heterocycles. The Morgan fingerprint density at radius 3 is 1.84 bits per heavy atom. The summed E-state index contributed by atoms with van der Waals surface area (Å²) in [5.41, 5.74) is 15.1. The number of aryl methyl sites for hydroxylation is 3. The maximum absolute atomic E-state index is 5.54. The number of hydrogen-bond acceptors (Lipinski definition) is 9. The van der Waals surface area contributed by atoms with E-state index in [0.29, 0.717) is 0 Å². The molecule has 2 aromatic carbocycles. The third-order valence-corrected chi connectivity index (χ3v) is 7.43. The Bertz CT molecular complexity index is 1400. The minimum atomic E-state index is 0.725. The van der Waals surface area contributed by atoms with Gasteiger partial charge in [0.1, 0.15) is 17.6 Å².